The van der Waals surface area contributed by atoms with Gasteiger partial charge in [0.25, 0.3) is 0 Å². The van der Waals surface area contributed by atoms with Gasteiger partial charge in [0.1, 0.15) is 0 Å². The zero-order valence-electron chi connectivity index (χ0n) is 8.64. The molecule has 0 bridgehead atoms. The van der Waals surface area contributed by atoms with E-state index in [1.54, 1.807) is 11.8 Å². The molecule has 0 amide bonds. The molecule has 1 unspecified atom stereocenters. The third-order valence-electron chi connectivity index (χ3n) is 2.12. The van der Waals surface area contributed by atoms with Gasteiger partial charge in [-0.3, -0.25) is 0 Å². The highest BCUT2D eigenvalue weighted by Gasteiger charge is 2.19. The summed E-state index contributed by atoms with van der Waals surface area (Å²) in [5.74, 6) is 0.950. The first-order chi connectivity index (χ1) is 7.31. The van der Waals surface area contributed by atoms with E-state index in [0.29, 0.717) is 11.8 Å². The molecule has 0 saturated heterocycles. The molecule has 1 heterocycles. The molecule has 0 saturated carbocycles. The molecule has 2 nitrogen and oxygen atoms in total. The maximum Gasteiger partial charge on any atom is 0.0870 e. The predicted molar refractivity (Wildman–Crippen MR) is 70.4 cm³/mol. The number of benzene rings is 1. The summed E-state index contributed by atoms with van der Waals surface area (Å²) in [7, 11) is 0. The van der Waals surface area contributed by atoms with Crippen molar-refractivity contribution in [2.45, 2.75) is 17.1 Å². The van der Waals surface area contributed by atoms with Gasteiger partial charge in [-0.2, -0.15) is 0 Å². The Hall–Kier alpha value is -0.450. The van der Waals surface area contributed by atoms with Gasteiger partial charge in [0, 0.05) is 17.2 Å². The van der Waals surface area contributed by atoms with E-state index in [-0.39, 0.29) is 0 Å². The summed E-state index contributed by atoms with van der Waals surface area (Å²) >= 11 is 3.65. The van der Waals surface area contributed by atoms with Crippen molar-refractivity contribution >= 4 is 34.3 Å². The SMILES string of the molecule is CC1Sc2ccccc2N=C1SCCN. The van der Waals surface area contributed by atoms with E-state index < -0.39 is 0 Å². The molecule has 1 aliphatic rings. The highest BCUT2D eigenvalue weighted by Crippen LogP contribution is 2.39. The molecular formula is C11H14N2S2. The lowest BCUT2D eigenvalue weighted by Crippen LogP contribution is -2.15. The lowest BCUT2D eigenvalue weighted by Gasteiger charge is -2.20. The molecule has 4 heteroatoms. The fraction of sp³-hybridized carbons (Fsp3) is 0.364. The number of aliphatic imine (C=N–C) groups is 1. The van der Waals surface area contributed by atoms with E-state index in [9.17, 15) is 0 Å². The van der Waals surface area contributed by atoms with E-state index >= 15 is 0 Å². The number of fused-ring (bicyclic) bond motifs is 1. The van der Waals surface area contributed by atoms with Crippen molar-refractivity contribution in [3.8, 4) is 0 Å². The van der Waals surface area contributed by atoms with Crippen molar-refractivity contribution < 1.29 is 0 Å². The van der Waals surface area contributed by atoms with Crippen LogP contribution in [0, 0.1) is 0 Å². The average Bonchev–Trinajstić information content (AvgIpc) is 2.26. The monoisotopic (exact) mass is 238 g/mol. The second kappa shape index (κ2) is 5.05. The van der Waals surface area contributed by atoms with Crippen LogP contribution in [-0.4, -0.2) is 22.6 Å². The van der Waals surface area contributed by atoms with Crippen molar-refractivity contribution in [2.75, 3.05) is 12.3 Å². The Morgan fingerprint density at radius 1 is 1.47 bits per heavy atom. The van der Waals surface area contributed by atoms with Crippen LogP contribution < -0.4 is 5.73 Å². The largest absolute Gasteiger partial charge is 0.330 e. The topological polar surface area (TPSA) is 38.4 Å². The molecule has 1 aromatic rings. The summed E-state index contributed by atoms with van der Waals surface area (Å²) in [6, 6.07) is 8.29. The van der Waals surface area contributed by atoms with Gasteiger partial charge in [-0.1, -0.05) is 12.1 Å². The Morgan fingerprint density at radius 3 is 3.07 bits per heavy atom. The quantitative estimate of drug-likeness (QED) is 0.861. The maximum atomic E-state index is 5.50. The molecule has 80 valence electrons. The van der Waals surface area contributed by atoms with E-state index in [2.05, 4.69) is 30.1 Å². The van der Waals surface area contributed by atoms with Crippen LogP contribution in [0.25, 0.3) is 0 Å². The van der Waals surface area contributed by atoms with Gasteiger partial charge < -0.3 is 5.73 Å². The van der Waals surface area contributed by atoms with Gasteiger partial charge in [0.05, 0.1) is 16.0 Å². The molecular weight excluding hydrogens is 224 g/mol. The first-order valence-electron chi connectivity index (χ1n) is 4.98. The second-order valence-corrected chi connectivity index (χ2v) is 5.81. The molecule has 1 aromatic carbocycles. The average molecular weight is 238 g/mol. The molecule has 0 spiro atoms. The van der Waals surface area contributed by atoms with Crippen molar-refractivity contribution in [3.05, 3.63) is 24.3 Å². The van der Waals surface area contributed by atoms with E-state index in [1.807, 2.05) is 17.8 Å². The number of nitrogens with zero attached hydrogens (tertiary/aromatic N) is 1. The number of rotatable bonds is 2. The van der Waals surface area contributed by atoms with Gasteiger partial charge in [-0.25, -0.2) is 4.99 Å². The third kappa shape index (κ3) is 2.56. The summed E-state index contributed by atoms with van der Waals surface area (Å²) in [6.07, 6.45) is 0. The van der Waals surface area contributed by atoms with Crippen LogP contribution in [0.2, 0.25) is 0 Å². The van der Waals surface area contributed by atoms with Crippen LogP contribution in [0.5, 0.6) is 0 Å². The molecule has 0 aliphatic carbocycles. The summed E-state index contributed by atoms with van der Waals surface area (Å²) in [5, 5.41) is 1.65. The maximum absolute atomic E-state index is 5.50. The Balaban J connectivity index is 2.22. The summed E-state index contributed by atoms with van der Waals surface area (Å²) < 4.78 is 0. The number of nitrogens with two attached hydrogens (primary N) is 1. The van der Waals surface area contributed by atoms with E-state index in [1.165, 1.54) is 9.94 Å². The van der Waals surface area contributed by atoms with Crippen LogP contribution >= 0.6 is 23.5 Å². The van der Waals surface area contributed by atoms with Gasteiger partial charge in [0.2, 0.25) is 0 Å². The fourth-order valence-corrected chi connectivity index (χ4v) is 3.41. The third-order valence-corrected chi connectivity index (χ3v) is 4.62. The Morgan fingerprint density at radius 2 is 2.27 bits per heavy atom. The smallest absolute Gasteiger partial charge is 0.0870 e. The molecule has 0 radical (unpaired) electrons. The number of hydrogen-bond acceptors (Lipinski definition) is 4. The standard InChI is InChI=1S/C11H14N2S2/c1-8-11(14-7-6-12)13-9-4-2-3-5-10(9)15-8/h2-5,8H,6-7,12H2,1H3. The summed E-state index contributed by atoms with van der Waals surface area (Å²) in [5.41, 5.74) is 6.60. The number of thioether (sulfide) groups is 2. The van der Waals surface area contributed by atoms with Crippen LogP contribution in [0.1, 0.15) is 6.92 Å². The second-order valence-electron chi connectivity index (χ2n) is 3.31. The molecule has 0 aromatic heterocycles. The minimum Gasteiger partial charge on any atom is -0.330 e. The van der Waals surface area contributed by atoms with Crippen molar-refractivity contribution in [1.82, 2.24) is 0 Å². The first-order valence-corrected chi connectivity index (χ1v) is 6.85. The van der Waals surface area contributed by atoms with Crippen LogP contribution in [0.4, 0.5) is 5.69 Å². The molecule has 15 heavy (non-hydrogen) atoms. The Kier molecular flexibility index (Phi) is 3.72. The molecule has 0 fully saturated rings. The minimum atomic E-state index is 0.455. The highest BCUT2D eigenvalue weighted by molar-refractivity contribution is 8.16. The molecule has 1 aliphatic heterocycles. The Labute approximate surface area is 98.7 Å². The van der Waals surface area contributed by atoms with Gasteiger partial charge >= 0.3 is 0 Å². The molecule has 2 N–H and O–H groups in total. The van der Waals surface area contributed by atoms with Crippen LogP contribution in [0.3, 0.4) is 0 Å². The lowest BCUT2D eigenvalue weighted by atomic mass is 10.3. The van der Waals surface area contributed by atoms with Crippen molar-refractivity contribution in [1.29, 1.82) is 0 Å². The lowest BCUT2D eigenvalue weighted by molar-refractivity contribution is 1.15. The number of hydrogen-bond donors (Lipinski definition) is 1. The fourth-order valence-electron chi connectivity index (χ4n) is 1.41. The van der Waals surface area contributed by atoms with Crippen molar-refractivity contribution in [2.24, 2.45) is 10.7 Å². The highest BCUT2D eigenvalue weighted by atomic mass is 32.2. The van der Waals surface area contributed by atoms with Gasteiger partial charge in [0.15, 0.2) is 0 Å². The first kappa shape index (κ1) is 11.0. The van der Waals surface area contributed by atoms with E-state index in [0.717, 1.165) is 11.4 Å². The number of para-hydroxylation sites is 1. The molecule has 1 atom stereocenters. The van der Waals surface area contributed by atoms with E-state index in [4.69, 9.17) is 5.73 Å². The normalized spacial score (nSPS) is 19.6. The summed E-state index contributed by atoms with van der Waals surface area (Å²) in [6.45, 7) is 2.91. The van der Waals surface area contributed by atoms with Gasteiger partial charge in [-0.15, -0.1) is 23.5 Å². The summed E-state index contributed by atoms with van der Waals surface area (Å²) in [4.78, 5) is 5.95. The van der Waals surface area contributed by atoms with Crippen LogP contribution in [-0.2, 0) is 0 Å². The zero-order chi connectivity index (χ0) is 10.7. The predicted octanol–water partition coefficient (Wildman–Crippen LogP) is 2.90. The van der Waals surface area contributed by atoms with Crippen molar-refractivity contribution in [3.63, 3.8) is 0 Å². The molecule has 2 rings (SSSR count). The van der Waals surface area contributed by atoms with Gasteiger partial charge in [-0.05, 0) is 19.1 Å². The zero-order valence-corrected chi connectivity index (χ0v) is 10.3. The van der Waals surface area contributed by atoms with Crippen LogP contribution in [0.15, 0.2) is 34.2 Å². The minimum absolute atomic E-state index is 0.455. The Bertz CT molecular complexity index is 377.